The predicted molar refractivity (Wildman–Crippen MR) is 86.9 cm³/mol. The molecule has 0 unspecified atom stereocenters. The van der Waals surface area contributed by atoms with Gasteiger partial charge in [-0.1, -0.05) is 0 Å². The zero-order chi connectivity index (χ0) is 17.4. The van der Waals surface area contributed by atoms with Crippen molar-refractivity contribution in [3.8, 4) is 0 Å². The largest absolute Gasteiger partial charge is 0.378 e. The number of fused-ring (bicyclic) bond motifs is 1. The van der Waals surface area contributed by atoms with E-state index in [0.29, 0.717) is 57.3 Å². The standard InChI is InChI=1S/C16H20N6O3/c1-19-3-2-13(17-19)15(23)21-4-5-22-12(11-21)10-14(18-22)16(24)20-6-8-25-9-7-20/h2-3,10H,4-9,11H2,1H3. The van der Waals surface area contributed by atoms with Gasteiger partial charge in [0.25, 0.3) is 11.8 Å². The highest BCUT2D eigenvalue weighted by Crippen LogP contribution is 2.17. The lowest BCUT2D eigenvalue weighted by Crippen LogP contribution is -2.41. The molecule has 132 valence electrons. The number of ether oxygens (including phenoxy) is 1. The van der Waals surface area contributed by atoms with Crippen LogP contribution in [0.4, 0.5) is 0 Å². The van der Waals surface area contributed by atoms with Crippen LogP contribution in [0.3, 0.4) is 0 Å². The molecule has 2 aliphatic rings. The number of hydrogen-bond acceptors (Lipinski definition) is 5. The molecule has 9 nitrogen and oxygen atoms in total. The van der Waals surface area contributed by atoms with Crippen LogP contribution in [-0.2, 0) is 24.9 Å². The SMILES string of the molecule is Cn1ccc(C(=O)N2CCn3nc(C(=O)N4CCOCC4)cc3C2)n1. The van der Waals surface area contributed by atoms with Gasteiger partial charge in [-0.05, 0) is 12.1 Å². The first-order chi connectivity index (χ1) is 12.1. The van der Waals surface area contributed by atoms with Crippen molar-refractivity contribution in [1.82, 2.24) is 29.4 Å². The second-order valence-corrected chi connectivity index (χ2v) is 6.25. The summed E-state index contributed by atoms with van der Waals surface area (Å²) in [5.74, 6) is -0.179. The second-order valence-electron chi connectivity index (χ2n) is 6.25. The molecule has 0 aromatic carbocycles. The maximum atomic E-state index is 12.6. The number of rotatable bonds is 2. The Morgan fingerprint density at radius 1 is 1.00 bits per heavy atom. The average molecular weight is 344 g/mol. The quantitative estimate of drug-likeness (QED) is 0.750. The van der Waals surface area contributed by atoms with E-state index in [-0.39, 0.29) is 11.8 Å². The lowest BCUT2D eigenvalue weighted by molar-refractivity contribution is 0.0298. The highest BCUT2D eigenvalue weighted by Gasteiger charge is 2.27. The van der Waals surface area contributed by atoms with Gasteiger partial charge in [0.2, 0.25) is 0 Å². The first kappa shape index (κ1) is 15.8. The van der Waals surface area contributed by atoms with E-state index in [1.807, 2.05) is 4.68 Å². The van der Waals surface area contributed by atoms with Crippen LogP contribution < -0.4 is 0 Å². The summed E-state index contributed by atoms with van der Waals surface area (Å²) < 4.78 is 8.71. The molecule has 2 aliphatic heterocycles. The Morgan fingerprint density at radius 3 is 2.48 bits per heavy atom. The van der Waals surface area contributed by atoms with E-state index in [9.17, 15) is 9.59 Å². The number of carbonyl (C=O) groups excluding carboxylic acids is 2. The molecule has 2 aromatic rings. The highest BCUT2D eigenvalue weighted by atomic mass is 16.5. The van der Waals surface area contributed by atoms with Crippen LogP contribution in [0.25, 0.3) is 0 Å². The maximum Gasteiger partial charge on any atom is 0.274 e. The number of carbonyl (C=O) groups is 2. The van der Waals surface area contributed by atoms with Crippen LogP contribution in [0.5, 0.6) is 0 Å². The van der Waals surface area contributed by atoms with Crippen molar-refractivity contribution in [3.05, 3.63) is 35.4 Å². The molecule has 25 heavy (non-hydrogen) atoms. The number of amides is 2. The van der Waals surface area contributed by atoms with Gasteiger partial charge in [0.1, 0.15) is 5.69 Å². The number of aromatic nitrogens is 4. The highest BCUT2D eigenvalue weighted by molar-refractivity contribution is 5.93. The van der Waals surface area contributed by atoms with Crippen LogP contribution >= 0.6 is 0 Å². The van der Waals surface area contributed by atoms with Gasteiger partial charge in [-0.25, -0.2) is 0 Å². The van der Waals surface area contributed by atoms with Crippen LogP contribution in [0.1, 0.15) is 26.7 Å². The molecule has 2 aromatic heterocycles. The number of aryl methyl sites for hydroxylation is 1. The van der Waals surface area contributed by atoms with Gasteiger partial charge < -0.3 is 14.5 Å². The molecule has 0 aliphatic carbocycles. The Bertz CT molecular complexity index is 805. The summed E-state index contributed by atoms with van der Waals surface area (Å²) in [6.45, 7) is 3.85. The summed E-state index contributed by atoms with van der Waals surface area (Å²) in [5, 5.41) is 8.59. The van der Waals surface area contributed by atoms with E-state index in [1.165, 1.54) is 0 Å². The molecule has 1 fully saturated rings. The minimum atomic E-state index is -0.103. The van der Waals surface area contributed by atoms with E-state index in [2.05, 4.69) is 10.2 Å². The number of nitrogens with zero attached hydrogens (tertiary/aromatic N) is 6. The molecule has 0 spiro atoms. The van der Waals surface area contributed by atoms with Crippen LogP contribution in [0.2, 0.25) is 0 Å². The smallest absolute Gasteiger partial charge is 0.274 e. The fourth-order valence-corrected chi connectivity index (χ4v) is 3.16. The molecule has 1 saturated heterocycles. The van der Waals surface area contributed by atoms with E-state index in [4.69, 9.17) is 4.74 Å². The molecule has 4 heterocycles. The van der Waals surface area contributed by atoms with Crippen molar-refractivity contribution in [3.63, 3.8) is 0 Å². The van der Waals surface area contributed by atoms with Crippen LogP contribution in [0, 0.1) is 0 Å². The van der Waals surface area contributed by atoms with E-state index in [1.54, 1.807) is 39.9 Å². The third kappa shape index (κ3) is 3.02. The number of hydrogen-bond donors (Lipinski definition) is 0. The van der Waals surface area contributed by atoms with Gasteiger partial charge in [0.05, 0.1) is 32.0 Å². The Morgan fingerprint density at radius 2 is 1.76 bits per heavy atom. The average Bonchev–Trinajstić information content (AvgIpc) is 3.26. The Balaban J connectivity index is 1.49. The Labute approximate surface area is 144 Å². The minimum absolute atomic E-state index is 0.0761. The second kappa shape index (κ2) is 6.32. The molecular weight excluding hydrogens is 324 g/mol. The predicted octanol–water partition coefficient (Wildman–Crippen LogP) is -0.255. The third-order valence-electron chi connectivity index (χ3n) is 4.54. The Hall–Kier alpha value is -2.68. The van der Waals surface area contributed by atoms with Crippen molar-refractivity contribution in [2.75, 3.05) is 32.8 Å². The normalized spacial score (nSPS) is 17.5. The summed E-state index contributed by atoms with van der Waals surface area (Å²) >= 11 is 0. The summed E-state index contributed by atoms with van der Waals surface area (Å²) in [4.78, 5) is 28.6. The first-order valence-corrected chi connectivity index (χ1v) is 8.34. The third-order valence-corrected chi connectivity index (χ3v) is 4.54. The lowest BCUT2D eigenvalue weighted by Gasteiger charge is -2.26. The van der Waals surface area contributed by atoms with Crippen LogP contribution in [-0.4, -0.2) is 74.0 Å². The fourth-order valence-electron chi connectivity index (χ4n) is 3.16. The minimum Gasteiger partial charge on any atom is -0.378 e. The van der Waals surface area contributed by atoms with Crippen molar-refractivity contribution < 1.29 is 14.3 Å². The molecule has 2 amide bonds. The summed E-state index contributed by atoms with van der Waals surface area (Å²) in [6.07, 6.45) is 1.75. The van der Waals surface area contributed by atoms with Gasteiger partial charge in [-0.3, -0.25) is 19.0 Å². The number of morpholine rings is 1. The zero-order valence-corrected chi connectivity index (χ0v) is 14.1. The van der Waals surface area contributed by atoms with Crippen molar-refractivity contribution >= 4 is 11.8 Å². The molecule has 0 saturated carbocycles. The summed E-state index contributed by atoms with van der Waals surface area (Å²) in [7, 11) is 1.78. The lowest BCUT2D eigenvalue weighted by atomic mass is 10.2. The van der Waals surface area contributed by atoms with Crippen molar-refractivity contribution in [1.29, 1.82) is 0 Å². The monoisotopic (exact) mass is 344 g/mol. The van der Waals surface area contributed by atoms with Gasteiger partial charge in [-0.2, -0.15) is 10.2 Å². The van der Waals surface area contributed by atoms with Gasteiger partial charge in [0, 0.05) is 32.9 Å². The zero-order valence-electron chi connectivity index (χ0n) is 14.1. The van der Waals surface area contributed by atoms with Crippen LogP contribution in [0.15, 0.2) is 18.3 Å². The molecule has 4 rings (SSSR count). The fraction of sp³-hybridized carbons (Fsp3) is 0.500. The van der Waals surface area contributed by atoms with Crippen molar-refractivity contribution in [2.45, 2.75) is 13.1 Å². The van der Waals surface area contributed by atoms with E-state index < -0.39 is 0 Å². The molecule has 0 radical (unpaired) electrons. The van der Waals surface area contributed by atoms with E-state index >= 15 is 0 Å². The van der Waals surface area contributed by atoms with Crippen molar-refractivity contribution in [2.24, 2.45) is 7.05 Å². The molecule has 0 N–H and O–H groups in total. The molecular formula is C16H20N6O3. The van der Waals surface area contributed by atoms with E-state index in [0.717, 1.165) is 5.69 Å². The maximum absolute atomic E-state index is 12.6. The van der Waals surface area contributed by atoms with Gasteiger partial charge >= 0.3 is 0 Å². The Kier molecular flexibility index (Phi) is 4.00. The molecule has 0 bridgehead atoms. The molecule has 9 heteroatoms. The first-order valence-electron chi connectivity index (χ1n) is 8.34. The summed E-state index contributed by atoms with van der Waals surface area (Å²) in [6, 6.07) is 3.50. The topological polar surface area (TPSA) is 85.5 Å². The van der Waals surface area contributed by atoms with Gasteiger partial charge in [0.15, 0.2) is 5.69 Å². The summed E-state index contributed by atoms with van der Waals surface area (Å²) in [5.41, 5.74) is 1.73. The van der Waals surface area contributed by atoms with Gasteiger partial charge in [-0.15, -0.1) is 0 Å². The molecule has 0 atom stereocenters.